The van der Waals surface area contributed by atoms with Crippen molar-refractivity contribution < 1.29 is 15.2 Å². The first kappa shape index (κ1) is 21.8. The molecular weight excluding hydrogens is 382 g/mol. The molecule has 1 aromatic carbocycles. The van der Waals surface area contributed by atoms with E-state index in [1.54, 1.807) is 0 Å². The lowest BCUT2D eigenvalue weighted by Crippen LogP contribution is -2.94. The third kappa shape index (κ3) is 3.95. The topological polar surface area (TPSA) is 46.1 Å². The molecule has 1 aromatic rings. The third-order valence-electron chi connectivity index (χ3n) is 10.5. The van der Waals surface area contributed by atoms with Crippen LogP contribution in [0, 0.1) is 34.5 Å². The van der Waals surface area contributed by atoms with Gasteiger partial charge in [0.2, 0.25) is 0 Å². The van der Waals surface area contributed by atoms with E-state index in [-0.39, 0.29) is 0 Å². The van der Waals surface area contributed by atoms with E-state index < -0.39 is 6.10 Å². The average Bonchev–Trinajstić information content (AvgIpc) is 3.13. The summed E-state index contributed by atoms with van der Waals surface area (Å²) in [6.45, 7) is 6.42. The number of rotatable bonds is 6. The molecule has 0 bridgehead atoms. The number of aliphatic hydroxyl groups excluding tert-OH is 1. The maximum absolute atomic E-state index is 10.5. The molecule has 31 heavy (non-hydrogen) atoms. The standard InChI is InChI=1S/C28H43NO2/c1-27-16-7-6-8-20(27)11-12-23-24-13-14-26(28(24,2)17-15-25(23)27)29-18-21(30)19-31-22-9-4-3-5-10-22/h3-5,9-10,20-21,23-26,29-30H,6-8,11-19H2,1-2H3/p+1/t20-,21+,23-,24-,25-,26+,27-,28+/m1/s1. The minimum Gasteiger partial charge on any atom is -0.491 e. The average molecular weight is 427 g/mol. The second kappa shape index (κ2) is 8.71. The maximum atomic E-state index is 10.5. The fraction of sp³-hybridized carbons (Fsp3) is 0.786. The number of hydrogen-bond acceptors (Lipinski definition) is 2. The van der Waals surface area contributed by atoms with Gasteiger partial charge in [0.05, 0.1) is 6.04 Å². The molecule has 0 aliphatic heterocycles. The van der Waals surface area contributed by atoms with Crippen LogP contribution in [-0.2, 0) is 0 Å². The van der Waals surface area contributed by atoms with Gasteiger partial charge in [-0.15, -0.1) is 0 Å². The van der Waals surface area contributed by atoms with Crippen LogP contribution in [0.1, 0.15) is 78.1 Å². The molecule has 3 nitrogen and oxygen atoms in total. The van der Waals surface area contributed by atoms with Crippen LogP contribution >= 0.6 is 0 Å². The zero-order valence-corrected chi connectivity index (χ0v) is 19.8. The number of fused-ring (bicyclic) bond motifs is 5. The third-order valence-corrected chi connectivity index (χ3v) is 10.5. The Hall–Kier alpha value is -1.06. The Balaban J connectivity index is 1.18. The summed E-state index contributed by atoms with van der Waals surface area (Å²) in [6.07, 6.45) is 14.1. The number of aliphatic hydroxyl groups is 1. The summed E-state index contributed by atoms with van der Waals surface area (Å²) in [5.41, 5.74) is 1.09. The van der Waals surface area contributed by atoms with Gasteiger partial charge in [-0.25, -0.2) is 0 Å². The van der Waals surface area contributed by atoms with Crippen LogP contribution in [0.3, 0.4) is 0 Å². The summed E-state index contributed by atoms with van der Waals surface area (Å²) < 4.78 is 5.78. The predicted octanol–water partition coefficient (Wildman–Crippen LogP) is 4.79. The molecule has 4 fully saturated rings. The first-order chi connectivity index (χ1) is 15.0. The largest absolute Gasteiger partial charge is 0.491 e. The van der Waals surface area contributed by atoms with E-state index in [1.165, 1.54) is 64.2 Å². The molecule has 0 saturated heterocycles. The van der Waals surface area contributed by atoms with E-state index in [0.29, 0.717) is 23.5 Å². The van der Waals surface area contributed by atoms with E-state index in [4.69, 9.17) is 4.74 Å². The van der Waals surface area contributed by atoms with Crippen LogP contribution < -0.4 is 10.1 Å². The first-order valence-corrected chi connectivity index (χ1v) is 13.2. The molecule has 0 radical (unpaired) electrons. The van der Waals surface area contributed by atoms with Crippen molar-refractivity contribution in [1.82, 2.24) is 0 Å². The van der Waals surface area contributed by atoms with Crippen LogP contribution in [0.5, 0.6) is 5.75 Å². The second-order valence-corrected chi connectivity index (χ2v) is 11.9. The highest BCUT2D eigenvalue weighted by Crippen LogP contribution is 2.65. The monoisotopic (exact) mass is 426 g/mol. The molecule has 0 spiro atoms. The number of hydrogen-bond donors (Lipinski definition) is 2. The van der Waals surface area contributed by atoms with Gasteiger partial charge in [0.25, 0.3) is 0 Å². The second-order valence-electron chi connectivity index (χ2n) is 11.9. The van der Waals surface area contributed by atoms with Crippen LogP contribution in [0.25, 0.3) is 0 Å². The predicted molar refractivity (Wildman–Crippen MR) is 125 cm³/mol. The lowest BCUT2D eigenvalue weighted by atomic mass is 9.45. The highest BCUT2D eigenvalue weighted by molar-refractivity contribution is 5.20. The summed E-state index contributed by atoms with van der Waals surface area (Å²) in [6, 6.07) is 10.5. The number of nitrogens with two attached hydrogens (primary N) is 1. The van der Waals surface area contributed by atoms with Gasteiger partial charge in [-0.2, -0.15) is 0 Å². The Labute approximate surface area is 189 Å². The normalized spacial score (nSPS) is 42.9. The summed E-state index contributed by atoms with van der Waals surface area (Å²) in [5, 5.41) is 13.0. The van der Waals surface area contributed by atoms with E-state index in [1.807, 2.05) is 30.3 Å². The van der Waals surface area contributed by atoms with Gasteiger partial charge in [-0.05, 0) is 86.2 Å². The molecule has 4 aliphatic carbocycles. The van der Waals surface area contributed by atoms with Crippen molar-refractivity contribution in [3.05, 3.63) is 30.3 Å². The van der Waals surface area contributed by atoms with Crippen LogP contribution in [0.2, 0.25) is 0 Å². The smallest absolute Gasteiger partial charge is 0.137 e. The quantitative estimate of drug-likeness (QED) is 0.687. The Bertz CT molecular complexity index is 738. The molecule has 0 heterocycles. The summed E-state index contributed by atoms with van der Waals surface area (Å²) in [4.78, 5) is 0. The number of benzene rings is 1. The molecule has 0 amide bonds. The van der Waals surface area contributed by atoms with E-state index in [9.17, 15) is 5.11 Å². The van der Waals surface area contributed by atoms with Crippen molar-refractivity contribution >= 4 is 0 Å². The molecule has 4 aliphatic rings. The molecular formula is C28H44NO2+. The van der Waals surface area contributed by atoms with Gasteiger partial charge in [-0.1, -0.05) is 44.9 Å². The van der Waals surface area contributed by atoms with Crippen LogP contribution in [0.4, 0.5) is 0 Å². The molecule has 0 aromatic heterocycles. The van der Waals surface area contributed by atoms with Gasteiger partial charge in [0.15, 0.2) is 0 Å². The van der Waals surface area contributed by atoms with Gasteiger partial charge >= 0.3 is 0 Å². The summed E-state index contributed by atoms with van der Waals surface area (Å²) >= 11 is 0. The van der Waals surface area contributed by atoms with Crippen molar-refractivity contribution in [2.75, 3.05) is 13.2 Å². The summed E-state index contributed by atoms with van der Waals surface area (Å²) in [7, 11) is 0. The first-order valence-electron chi connectivity index (χ1n) is 13.2. The van der Waals surface area contributed by atoms with Crippen molar-refractivity contribution in [2.24, 2.45) is 34.5 Å². The minimum atomic E-state index is -0.407. The number of quaternary nitrogens is 1. The van der Waals surface area contributed by atoms with Crippen molar-refractivity contribution in [3.8, 4) is 5.75 Å². The van der Waals surface area contributed by atoms with Gasteiger partial charge in [-0.3, -0.25) is 0 Å². The van der Waals surface area contributed by atoms with Crippen molar-refractivity contribution in [3.63, 3.8) is 0 Å². The molecule has 4 saturated carbocycles. The fourth-order valence-electron chi connectivity index (χ4n) is 8.82. The molecule has 172 valence electrons. The Kier molecular flexibility index (Phi) is 6.11. The van der Waals surface area contributed by atoms with Gasteiger partial charge < -0.3 is 15.2 Å². The molecule has 8 atom stereocenters. The fourth-order valence-corrected chi connectivity index (χ4v) is 8.82. The molecule has 0 unspecified atom stereocenters. The Morgan fingerprint density at radius 1 is 0.935 bits per heavy atom. The summed E-state index contributed by atoms with van der Waals surface area (Å²) in [5.74, 6) is 4.70. The maximum Gasteiger partial charge on any atom is 0.137 e. The molecule has 5 rings (SSSR count). The SMILES string of the molecule is C[C@@]12CCCC[C@@H]1CC[C@H]1[C@H]2CC[C@]2(C)[C@@H]([NH2+]C[C@H](O)COc3ccccc3)CC[C@H]12. The number of para-hydroxylation sites is 1. The highest BCUT2D eigenvalue weighted by atomic mass is 16.5. The lowest BCUT2D eigenvalue weighted by molar-refractivity contribution is -0.706. The van der Waals surface area contributed by atoms with Crippen molar-refractivity contribution in [1.29, 1.82) is 0 Å². The van der Waals surface area contributed by atoms with Gasteiger partial charge in [0, 0.05) is 11.8 Å². The zero-order valence-electron chi connectivity index (χ0n) is 19.8. The van der Waals surface area contributed by atoms with E-state index >= 15 is 0 Å². The minimum absolute atomic E-state index is 0.387. The number of ether oxygens (including phenoxy) is 1. The zero-order chi connectivity index (χ0) is 21.5. The van der Waals surface area contributed by atoms with E-state index in [2.05, 4.69) is 19.2 Å². The molecule has 3 heteroatoms. The van der Waals surface area contributed by atoms with E-state index in [0.717, 1.165) is 36.0 Å². The van der Waals surface area contributed by atoms with Gasteiger partial charge in [0.1, 0.15) is 25.0 Å². The lowest BCUT2D eigenvalue weighted by Gasteiger charge is -2.60. The molecule has 3 N–H and O–H groups in total. The Morgan fingerprint density at radius 2 is 1.74 bits per heavy atom. The Morgan fingerprint density at radius 3 is 2.58 bits per heavy atom. The van der Waals surface area contributed by atoms with Crippen LogP contribution in [-0.4, -0.2) is 30.4 Å². The van der Waals surface area contributed by atoms with Crippen LogP contribution in [0.15, 0.2) is 30.3 Å². The highest BCUT2D eigenvalue weighted by Gasteiger charge is 2.60. The van der Waals surface area contributed by atoms with Crippen molar-refractivity contribution in [2.45, 2.75) is 90.2 Å².